The number of nitrogens with zero attached hydrogens (tertiary/aromatic N) is 3. The molecule has 1 unspecified atom stereocenters. The summed E-state index contributed by atoms with van der Waals surface area (Å²) in [7, 11) is 3.20. The number of ether oxygens (including phenoxy) is 2. The first-order valence-corrected chi connectivity index (χ1v) is 16.0. The van der Waals surface area contributed by atoms with Crippen LogP contribution in [-0.4, -0.2) is 74.3 Å². The molecule has 0 aliphatic rings. The number of hydrogen-bond donors (Lipinski definition) is 3. The lowest BCUT2D eigenvalue weighted by molar-refractivity contribution is -0.121. The number of benzene rings is 1. The van der Waals surface area contributed by atoms with Crippen LogP contribution in [0.15, 0.2) is 24.3 Å². The van der Waals surface area contributed by atoms with Crippen LogP contribution in [0.25, 0.3) is 21.9 Å². The van der Waals surface area contributed by atoms with Crippen molar-refractivity contribution in [3.63, 3.8) is 0 Å². The fraction of sp³-hybridized carbons (Fsp3) is 0.536. The molecule has 3 rings (SSSR count). The van der Waals surface area contributed by atoms with E-state index in [0.717, 1.165) is 17.2 Å². The highest BCUT2D eigenvalue weighted by atomic mass is 33.1. The molecule has 0 aliphatic carbocycles. The van der Waals surface area contributed by atoms with Crippen LogP contribution in [0.5, 0.6) is 0 Å². The first-order chi connectivity index (χ1) is 19.6. The predicted octanol–water partition coefficient (Wildman–Crippen LogP) is 4.70. The van der Waals surface area contributed by atoms with E-state index in [1.54, 1.807) is 35.4 Å². The largest absolute Gasteiger partial charge is 0.448 e. The van der Waals surface area contributed by atoms with Crippen molar-refractivity contribution in [3.05, 3.63) is 30.1 Å². The Morgan fingerprint density at radius 2 is 2.02 bits per heavy atom. The van der Waals surface area contributed by atoms with E-state index in [4.69, 9.17) is 14.5 Å². The van der Waals surface area contributed by atoms with Gasteiger partial charge in [0.25, 0.3) is 0 Å². The molecule has 224 valence electrons. The molecule has 0 bridgehead atoms. The molecule has 2 amide bonds. The van der Waals surface area contributed by atoms with Gasteiger partial charge in [-0.3, -0.25) is 10.1 Å². The number of amides is 2. The number of carbonyl (C=O) groups is 3. The smallest absolute Gasteiger partial charge is 0.412 e. The summed E-state index contributed by atoms with van der Waals surface area (Å²) in [6.07, 6.45) is 1.58. The first-order valence-electron chi connectivity index (χ1n) is 13.6. The van der Waals surface area contributed by atoms with Crippen LogP contribution in [-0.2, 0) is 32.2 Å². The van der Waals surface area contributed by atoms with Crippen LogP contribution >= 0.6 is 21.6 Å². The van der Waals surface area contributed by atoms with Crippen molar-refractivity contribution < 1.29 is 29.0 Å². The molecule has 1 aromatic carbocycles. The number of para-hydroxylation sites is 1. The van der Waals surface area contributed by atoms with E-state index in [1.807, 2.05) is 42.7 Å². The maximum atomic E-state index is 12.7. The van der Waals surface area contributed by atoms with Crippen LogP contribution in [0.2, 0.25) is 0 Å². The van der Waals surface area contributed by atoms with Gasteiger partial charge in [0.15, 0.2) is 5.82 Å². The predicted molar refractivity (Wildman–Crippen MR) is 164 cm³/mol. The van der Waals surface area contributed by atoms with E-state index in [0.29, 0.717) is 55.0 Å². The van der Waals surface area contributed by atoms with Crippen molar-refractivity contribution in [2.75, 3.05) is 30.8 Å². The van der Waals surface area contributed by atoms with Crippen molar-refractivity contribution >= 4 is 67.6 Å². The summed E-state index contributed by atoms with van der Waals surface area (Å²) in [6.45, 7) is 9.01. The Kier molecular flexibility index (Phi) is 12.7. The zero-order chi connectivity index (χ0) is 29.8. The highest BCUT2D eigenvalue weighted by Gasteiger charge is 2.24. The number of aliphatic hydroxyl groups is 1. The van der Waals surface area contributed by atoms with Crippen LogP contribution in [0.3, 0.4) is 0 Å². The fourth-order valence-electron chi connectivity index (χ4n) is 4.04. The molecule has 0 radical (unpaired) electrons. The van der Waals surface area contributed by atoms with E-state index < -0.39 is 11.7 Å². The average Bonchev–Trinajstić information content (AvgIpc) is 3.27. The highest BCUT2D eigenvalue weighted by Crippen LogP contribution is 2.32. The number of aldehydes is 1. The molecule has 0 spiro atoms. The Hall–Kier alpha value is -2.87. The molecule has 11 nitrogen and oxygen atoms in total. The van der Waals surface area contributed by atoms with Gasteiger partial charge in [0.1, 0.15) is 30.8 Å². The van der Waals surface area contributed by atoms with Gasteiger partial charge in [-0.25, -0.2) is 14.8 Å². The summed E-state index contributed by atoms with van der Waals surface area (Å²) in [5.41, 5.74) is 0.908. The summed E-state index contributed by atoms with van der Waals surface area (Å²) >= 11 is 0. The average molecular weight is 606 g/mol. The number of anilines is 1. The van der Waals surface area contributed by atoms with Gasteiger partial charge in [-0.05, 0) is 33.3 Å². The molecule has 0 saturated carbocycles. The Morgan fingerprint density at radius 1 is 1.24 bits per heavy atom. The lowest BCUT2D eigenvalue weighted by atomic mass is 10.1. The molecule has 0 aliphatic heterocycles. The topological polar surface area (TPSA) is 145 Å². The number of imidazole rings is 1. The lowest BCUT2D eigenvalue weighted by Crippen LogP contribution is -2.27. The number of hydrogen-bond acceptors (Lipinski definition) is 10. The van der Waals surface area contributed by atoms with E-state index in [9.17, 15) is 19.5 Å². The van der Waals surface area contributed by atoms with Crippen molar-refractivity contribution in [1.29, 1.82) is 0 Å². The molecule has 1 atom stereocenters. The number of pyridine rings is 1. The second-order valence-electron chi connectivity index (χ2n) is 10.1. The SMILES string of the molecule is CCOCc1nc2c(NC(=O)OCCSSC(C)CCC(=O)NCCC=O)nc3ccccc3c2n1CC(C)(C)O. The Balaban J connectivity index is 1.62. The molecule has 3 aromatic rings. The molecule has 41 heavy (non-hydrogen) atoms. The standard InChI is InChI=1S/C28H39N5O6S2/c1-5-38-17-22-31-24-25(33(22)18-28(3,4)37)20-9-6-7-10-21(20)30-26(24)32-27(36)39-15-16-40-41-19(2)11-12-23(35)29-13-8-14-34/h6-7,9-10,14,19,37H,5,8,11-13,15-18H2,1-4H3,(H,29,35)(H,30,32,36). The third-order valence-electron chi connectivity index (χ3n) is 5.86. The van der Waals surface area contributed by atoms with E-state index in [-0.39, 0.29) is 36.7 Å². The first kappa shape index (κ1) is 32.6. The molecule has 2 heterocycles. The Morgan fingerprint density at radius 3 is 2.76 bits per heavy atom. The molecule has 0 saturated heterocycles. The summed E-state index contributed by atoms with van der Waals surface area (Å²) in [6, 6.07) is 7.58. The maximum Gasteiger partial charge on any atom is 0.412 e. The monoisotopic (exact) mass is 605 g/mol. The van der Waals surface area contributed by atoms with Crippen LogP contribution < -0.4 is 10.6 Å². The third kappa shape index (κ3) is 10.2. The van der Waals surface area contributed by atoms with Gasteiger partial charge in [0.2, 0.25) is 5.91 Å². The van der Waals surface area contributed by atoms with Crippen LogP contribution in [0.4, 0.5) is 10.6 Å². The normalized spacial score (nSPS) is 12.4. The van der Waals surface area contributed by atoms with E-state index >= 15 is 0 Å². The van der Waals surface area contributed by atoms with Crippen molar-refractivity contribution in [2.24, 2.45) is 0 Å². The number of fused-ring (bicyclic) bond motifs is 3. The molecular formula is C28H39N5O6S2. The molecule has 0 fully saturated rings. The van der Waals surface area contributed by atoms with Gasteiger partial charge >= 0.3 is 6.09 Å². The summed E-state index contributed by atoms with van der Waals surface area (Å²) in [4.78, 5) is 44.2. The van der Waals surface area contributed by atoms with Gasteiger partial charge in [0, 0.05) is 42.4 Å². The second kappa shape index (κ2) is 15.9. The molecule has 3 N–H and O–H groups in total. The summed E-state index contributed by atoms with van der Waals surface area (Å²) < 4.78 is 13.0. The lowest BCUT2D eigenvalue weighted by Gasteiger charge is -2.20. The fourth-order valence-corrected chi connectivity index (χ4v) is 6.21. The van der Waals surface area contributed by atoms with Gasteiger partial charge in [-0.2, -0.15) is 0 Å². The van der Waals surface area contributed by atoms with E-state index in [2.05, 4.69) is 15.6 Å². The van der Waals surface area contributed by atoms with Crippen LogP contribution in [0, 0.1) is 0 Å². The number of nitrogens with one attached hydrogen (secondary N) is 2. The van der Waals surface area contributed by atoms with Gasteiger partial charge in [-0.1, -0.05) is 46.7 Å². The van der Waals surface area contributed by atoms with Crippen molar-refractivity contribution in [2.45, 2.75) is 71.0 Å². The quantitative estimate of drug-likeness (QED) is 0.113. The van der Waals surface area contributed by atoms with Crippen molar-refractivity contribution in [1.82, 2.24) is 19.9 Å². The molecule has 2 aromatic heterocycles. The van der Waals surface area contributed by atoms with Gasteiger partial charge < -0.3 is 29.3 Å². The molecular weight excluding hydrogens is 566 g/mol. The summed E-state index contributed by atoms with van der Waals surface area (Å²) in [5, 5.41) is 17.2. The number of aromatic nitrogens is 3. The third-order valence-corrected chi connectivity index (χ3v) is 8.79. The zero-order valence-electron chi connectivity index (χ0n) is 24.0. The second-order valence-corrected chi connectivity index (χ2v) is 13.0. The minimum Gasteiger partial charge on any atom is -0.448 e. The van der Waals surface area contributed by atoms with Crippen molar-refractivity contribution in [3.8, 4) is 0 Å². The zero-order valence-corrected chi connectivity index (χ0v) is 25.6. The number of carbonyl (C=O) groups excluding carboxylic acids is 3. The van der Waals surface area contributed by atoms with Crippen LogP contribution in [0.1, 0.15) is 52.8 Å². The molecule has 13 heteroatoms. The number of rotatable bonds is 17. The Bertz CT molecular complexity index is 1330. The van der Waals surface area contributed by atoms with Gasteiger partial charge in [-0.15, -0.1) is 0 Å². The van der Waals surface area contributed by atoms with E-state index in [1.165, 1.54) is 0 Å². The summed E-state index contributed by atoms with van der Waals surface area (Å²) in [5.74, 6) is 1.42. The minimum absolute atomic E-state index is 0.0596. The van der Waals surface area contributed by atoms with Gasteiger partial charge in [0.05, 0.1) is 23.2 Å². The highest BCUT2D eigenvalue weighted by molar-refractivity contribution is 8.76. The maximum absolute atomic E-state index is 12.7. The minimum atomic E-state index is -1.01. The Labute approximate surface area is 247 Å².